The summed E-state index contributed by atoms with van der Waals surface area (Å²) in [5.74, 6) is 0.218. The molecule has 1 N–H and O–H groups in total. The minimum absolute atomic E-state index is 0.135. The topological polar surface area (TPSA) is 72.3 Å². The molecule has 0 aliphatic carbocycles. The number of thiazole rings is 1. The Balaban J connectivity index is 1.44. The van der Waals surface area contributed by atoms with Gasteiger partial charge in [-0.2, -0.15) is 0 Å². The van der Waals surface area contributed by atoms with E-state index in [0.29, 0.717) is 13.0 Å². The summed E-state index contributed by atoms with van der Waals surface area (Å²) in [6, 6.07) is 20.2. The molecular formula is C29H30N2O3S. The summed E-state index contributed by atoms with van der Waals surface area (Å²) in [6.45, 7) is 6.83. The zero-order valence-electron chi connectivity index (χ0n) is 20.3. The summed E-state index contributed by atoms with van der Waals surface area (Å²) in [5.41, 5.74) is 6.35. The van der Waals surface area contributed by atoms with E-state index in [-0.39, 0.29) is 12.3 Å². The lowest BCUT2D eigenvalue weighted by Gasteiger charge is -2.16. The van der Waals surface area contributed by atoms with E-state index in [1.54, 1.807) is 11.3 Å². The zero-order valence-corrected chi connectivity index (χ0v) is 21.1. The Morgan fingerprint density at radius 1 is 1.06 bits per heavy atom. The highest BCUT2D eigenvalue weighted by molar-refractivity contribution is 7.15. The first-order valence-electron chi connectivity index (χ1n) is 11.9. The van der Waals surface area contributed by atoms with Crippen LogP contribution in [0.2, 0.25) is 0 Å². The minimum Gasteiger partial charge on any atom is -0.493 e. The highest BCUT2D eigenvalue weighted by Crippen LogP contribution is 2.34. The maximum atomic E-state index is 10.9. The van der Waals surface area contributed by atoms with Crippen molar-refractivity contribution in [2.45, 2.75) is 46.0 Å². The van der Waals surface area contributed by atoms with Gasteiger partial charge in [0.1, 0.15) is 10.8 Å². The quantitative estimate of drug-likeness (QED) is 0.259. The average Bonchev–Trinajstić information content (AvgIpc) is 3.26. The van der Waals surface area contributed by atoms with Gasteiger partial charge < -0.3 is 9.84 Å². The molecule has 0 amide bonds. The third kappa shape index (κ3) is 6.14. The van der Waals surface area contributed by atoms with E-state index in [0.717, 1.165) is 50.8 Å². The minimum atomic E-state index is -0.780. The van der Waals surface area contributed by atoms with E-state index in [2.05, 4.69) is 43.1 Å². The number of rotatable bonds is 10. The molecule has 6 heteroatoms. The molecule has 1 atom stereocenters. The smallest absolute Gasteiger partial charge is 0.303 e. The molecule has 2 heterocycles. The van der Waals surface area contributed by atoms with Crippen molar-refractivity contribution >= 4 is 17.3 Å². The molecular weight excluding hydrogens is 456 g/mol. The van der Waals surface area contributed by atoms with E-state index in [4.69, 9.17) is 14.8 Å². The second-order valence-corrected chi connectivity index (χ2v) is 9.85. The molecule has 1 unspecified atom stereocenters. The Kier molecular flexibility index (Phi) is 7.93. The largest absolute Gasteiger partial charge is 0.493 e. The van der Waals surface area contributed by atoms with Gasteiger partial charge >= 0.3 is 5.97 Å². The number of aromatic nitrogens is 2. The summed E-state index contributed by atoms with van der Waals surface area (Å²) < 4.78 is 6.15. The lowest BCUT2D eigenvalue weighted by atomic mass is 10.0. The number of carboxylic acids is 1. The van der Waals surface area contributed by atoms with Crippen LogP contribution in [-0.4, -0.2) is 27.7 Å². The van der Waals surface area contributed by atoms with E-state index in [1.807, 2.05) is 49.5 Å². The van der Waals surface area contributed by atoms with Crippen LogP contribution in [0.25, 0.3) is 21.8 Å². The van der Waals surface area contributed by atoms with Gasteiger partial charge in [0.25, 0.3) is 0 Å². The fourth-order valence-electron chi connectivity index (χ4n) is 4.09. The summed E-state index contributed by atoms with van der Waals surface area (Å²) in [7, 11) is 0. The van der Waals surface area contributed by atoms with Crippen LogP contribution < -0.4 is 4.74 Å². The van der Waals surface area contributed by atoms with E-state index in [9.17, 15) is 4.79 Å². The maximum absolute atomic E-state index is 10.9. The van der Waals surface area contributed by atoms with Gasteiger partial charge in [-0.1, -0.05) is 43.3 Å². The van der Waals surface area contributed by atoms with Gasteiger partial charge in [0.05, 0.1) is 18.0 Å². The highest BCUT2D eigenvalue weighted by Gasteiger charge is 2.19. The Labute approximate surface area is 210 Å². The second kappa shape index (κ2) is 11.3. The third-order valence-corrected chi connectivity index (χ3v) is 7.21. The van der Waals surface area contributed by atoms with Crippen LogP contribution in [-0.2, 0) is 11.2 Å². The number of aliphatic carboxylic acids is 1. The van der Waals surface area contributed by atoms with Crippen LogP contribution in [0.15, 0.2) is 66.9 Å². The van der Waals surface area contributed by atoms with E-state index < -0.39 is 5.97 Å². The molecule has 0 saturated carbocycles. The predicted molar refractivity (Wildman–Crippen MR) is 141 cm³/mol. The van der Waals surface area contributed by atoms with Crippen LogP contribution in [0.3, 0.4) is 0 Å². The van der Waals surface area contributed by atoms with Gasteiger partial charge in [-0.25, -0.2) is 4.98 Å². The van der Waals surface area contributed by atoms with Crippen molar-refractivity contribution in [1.82, 2.24) is 9.97 Å². The molecule has 0 bridgehead atoms. The Morgan fingerprint density at radius 2 is 1.83 bits per heavy atom. The molecule has 4 rings (SSSR count). The lowest BCUT2D eigenvalue weighted by molar-refractivity contribution is -0.136. The molecule has 5 nitrogen and oxygen atoms in total. The fourth-order valence-corrected chi connectivity index (χ4v) is 5.10. The Hall–Kier alpha value is -3.51. The van der Waals surface area contributed by atoms with Crippen LogP contribution >= 0.6 is 11.3 Å². The molecule has 4 aromatic rings. The first kappa shape index (κ1) is 24.6. The molecule has 0 saturated heterocycles. The lowest BCUT2D eigenvalue weighted by Crippen LogP contribution is -2.11. The fraction of sp³-hybridized carbons (Fsp3) is 0.276. The van der Waals surface area contributed by atoms with Gasteiger partial charge in [-0.15, -0.1) is 11.3 Å². The summed E-state index contributed by atoms with van der Waals surface area (Å²) >= 11 is 1.72. The van der Waals surface area contributed by atoms with Crippen molar-refractivity contribution in [3.05, 3.63) is 88.6 Å². The number of ether oxygens (including phenoxy) is 1. The molecule has 0 spiro atoms. The molecule has 0 aliphatic rings. The van der Waals surface area contributed by atoms with E-state index >= 15 is 0 Å². The molecule has 180 valence electrons. The molecule has 35 heavy (non-hydrogen) atoms. The first-order chi connectivity index (χ1) is 16.9. The van der Waals surface area contributed by atoms with Crippen LogP contribution in [0.4, 0.5) is 0 Å². The summed E-state index contributed by atoms with van der Waals surface area (Å²) in [4.78, 5) is 21.5. The van der Waals surface area contributed by atoms with Gasteiger partial charge in [0.15, 0.2) is 0 Å². The number of hydrogen-bond donors (Lipinski definition) is 1. The Morgan fingerprint density at radius 3 is 2.49 bits per heavy atom. The number of aryl methyl sites for hydroxylation is 3. The highest BCUT2D eigenvalue weighted by atomic mass is 32.1. The molecule has 0 aliphatic heterocycles. The number of benzene rings is 2. The molecule has 0 radical (unpaired) electrons. The van der Waals surface area contributed by atoms with Crippen LogP contribution in [0.1, 0.15) is 47.4 Å². The van der Waals surface area contributed by atoms with Crippen molar-refractivity contribution in [3.63, 3.8) is 0 Å². The molecule has 2 aromatic carbocycles. The van der Waals surface area contributed by atoms with Crippen molar-refractivity contribution in [3.8, 4) is 27.6 Å². The summed E-state index contributed by atoms with van der Waals surface area (Å²) in [6.07, 6.45) is 3.40. The molecule has 2 aromatic heterocycles. The second-order valence-electron chi connectivity index (χ2n) is 8.65. The Bertz CT molecular complexity index is 1280. The number of nitrogens with zero attached hydrogens (tertiary/aromatic N) is 2. The number of pyridine rings is 1. The van der Waals surface area contributed by atoms with Gasteiger partial charge in [-0.3, -0.25) is 9.78 Å². The van der Waals surface area contributed by atoms with Crippen molar-refractivity contribution < 1.29 is 14.6 Å². The van der Waals surface area contributed by atoms with Gasteiger partial charge in [0, 0.05) is 34.5 Å². The van der Waals surface area contributed by atoms with Gasteiger partial charge in [-0.05, 0) is 62.1 Å². The third-order valence-electron chi connectivity index (χ3n) is 6.18. The van der Waals surface area contributed by atoms with Crippen LogP contribution in [0, 0.1) is 13.8 Å². The predicted octanol–water partition coefficient (Wildman–Crippen LogP) is 7.08. The van der Waals surface area contributed by atoms with E-state index in [1.165, 1.54) is 4.88 Å². The number of carbonyl (C=O) groups is 1. The van der Waals surface area contributed by atoms with Crippen molar-refractivity contribution in [2.24, 2.45) is 0 Å². The maximum Gasteiger partial charge on any atom is 0.303 e. The van der Waals surface area contributed by atoms with Crippen LogP contribution in [0.5, 0.6) is 5.75 Å². The zero-order chi connectivity index (χ0) is 24.8. The average molecular weight is 487 g/mol. The standard InChI is InChI=1S/C29H30N2O3S/c1-4-21(18-34-25-14-12-22(19(2)17-25)13-15-27(32)33)28-20(3)35-29(31-28)24-10-8-23(9-11-24)26-7-5-6-16-30-26/h5-12,14,16-17,21H,4,13,15,18H2,1-3H3,(H,32,33). The SMILES string of the molecule is CCC(COc1ccc(CCC(=O)O)c(C)c1)c1nc(-c2ccc(-c3ccccn3)cc2)sc1C. The molecule has 0 fully saturated rings. The summed E-state index contributed by atoms with van der Waals surface area (Å²) in [5, 5.41) is 9.94. The number of hydrogen-bond acceptors (Lipinski definition) is 5. The first-order valence-corrected chi connectivity index (χ1v) is 12.7. The number of carboxylic acid groups (broad SMARTS) is 1. The van der Waals surface area contributed by atoms with Gasteiger partial charge in [0.2, 0.25) is 0 Å². The normalized spacial score (nSPS) is 11.9. The van der Waals surface area contributed by atoms with Crippen molar-refractivity contribution in [1.29, 1.82) is 0 Å². The van der Waals surface area contributed by atoms with Crippen molar-refractivity contribution in [2.75, 3.05) is 6.61 Å². The monoisotopic (exact) mass is 486 g/mol.